The summed E-state index contributed by atoms with van der Waals surface area (Å²) in [5, 5.41) is 11.0. The van der Waals surface area contributed by atoms with Crippen molar-refractivity contribution in [3.05, 3.63) is 0 Å². The first kappa shape index (κ1) is 22.5. The van der Waals surface area contributed by atoms with Crippen molar-refractivity contribution in [1.82, 2.24) is 15.1 Å². The zero-order valence-electron chi connectivity index (χ0n) is 17.6. The predicted molar refractivity (Wildman–Crippen MR) is 106 cm³/mol. The molecule has 3 fully saturated rings. The number of carboxylic acids is 1. The number of rotatable bonds is 6. The van der Waals surface area contributed by atoms with Crippen molar-refractivity contribution < 1.29 is 32.7 Å². The molecular weight excluding hydrogens is 414 g/mol. The second kappa shape index (κ2) is 7.51. The largest absolute Gasteiger partial charge is 0.480 e. The van der Waals surface area contributed by atoms with E-state index in [1.165, 1.54) is 18.7 Å². The van der Waals surface area contributed by atoms with E-state index in [2.05, 4.69) is 5.32 Å². The number of carbonyl (C=O) groups excluding carboxylic acids is 3. The summed E-state index contributed by atoms with van der Waals surface area (Å²) >= 11 is 0. The smallest absolute Gasteiger partial charge is 0.326 e. The van der Waals surface area contributed by atoms with Crippen LogP contribution in [0.2, 0.25) is 0 Å². The molecule has 0 aromatic rings. The quantitative estimate of drug-likeness (QED) is 0.538. The van der Waals surface area contributed by atoms with Crippen molar-refractivity contribution in [1.29, 1.82) is 0 Å². The first-order valence-electron chi connectivity index (χ1n) is 10.2. The summed E-state index contributed by atoms with van der Waals surface area (Å²) in [5.41, 5.74) is 0. The normalized spacial score (nSPS) is 30.0. The van der Waals surface area contributed by atoms with Gasteiger partial charge in [0.2, 0.25) is 17.7 Å². The number of carboxylic acid groups (broad SMARTS) is 1. The van der Waals surface area contributed by atoms with Crippen molar-refractivity contribution in [3.63, 3.8) is 0 Å². The van der Waals surface area contributed by atoms with Crippen LogP contribution in [-0.2, 0) is 29.0 Å². The first-order chi connectivity index (χ1) is 13.8. The molecule has 0 aromatic heterocycles. The lowest BCUT2D eigenvalue weighted by Gasteiger charge is -2.37. The van der Waals surface area contributed by atoms with E-state index in [9.17, 15) is 32.7 Å². The summed E-state index contributed by atoms with van der Waals surface area (Å²) in [7, 11) is -3.74. The maximum absolute atomic E-state index is 13.2. The molecule has 10 nitrogen and oxygen atoms in total. The molecule has 4 atom stereocenters. The molecule has 0 aliphatic carbocycles. The number of amides is 3. The number of nitrogens with one attached hydrogen (secondary N) is 1. The molecule has 3 amide bonds. The van der Waals surface area contributed by atoms with Crippen LogP contribution >= 0.6 is 0 Å². The lowest BCUT2D eigenvalue weighted by molar-refractivity contribution is -0.152. The van der Waals surface area contributed by atoms with Crippen LogP contribution in [-0.4, -0.2) is 81.8 Å². The van der Waals surface area contributed by atoms with Gasteiger partial charge < -0.3 is 20.2 Å². The summed E-state index contributed by atoms with van der Waals surface area (Å²) < 4.78 is 24.0. The fraction of sp³-hybridized carbons (Fsp3) is 0.789. The second-order valence-electron chi connectivity index (χ2n) is 9.23. The van der Waals surface area contributed by atoms with Gasteiger partial charge in [-0.1, -0.05) is 13.8 Å². The van der Waals surface area contributed by atoms with Crippen molar-refractivity contribution in [3.8, 4) is 0 Å². The van der Waals surface area contributed by atoms with E-state index < -0.39 is 61.8 Å². The summed E-state index contributed by atoms with van der Waals surface area (Å²) in [6.45, 7) is 6.85. The Morgan fingerprint density at radius 1 is 1.27 bits per heavy atom. The number of hydrogen-bond donors (Lipinski definition) is 2. The predicted octanol–water partition coefficient (Wildman–Crippen LogP) is -0.273. The first-order valence-corrected chi connectivity index (χ1v) is 11.7. The van der Waals surface area contributed by atoms with Gasteiger partial charge in [-0.05, 0) is 39.0 Å². The fourth-order valence-electron chi connectivity index (χ4n) is 4.68. The Bertz CT molecular complexity index is 883. The Labute approximate surface area is 175 Å². The Balaban J connectivity index is 1.85. The Hall–Kier alpha value is -2.17. The molecule has 3 heterocycles. The van der Waals surface area contributed by atoms with Crippen LogP contribution in [0.3, 0.4) is 0 Å². The summed E-state index contributed by atoms with van der Waals surface area (Å²) in [6, 6.07) is -3.16. The topological polar surface area (TPSA) is 141 Å². The van der Waals surface area contributed by atoms with Crippen LogP contribution in [0, 0.1) is 5.92 Å². The van der Waals surface area contributed by atoms with Gasteiger partial charge in [-0.15, -0.1) is 0 Å². The maximum atomic E-state index is 13.2. The molecular formula is C19H29N3O7S. The number of aliphatic carboxylic acids is 1. The number of fused-ring (bicyclic) bond motifs is 1. The monoisotopic (exact) mass is 443 g/mol. The molecule has 30 heavy (non-hydrogen) atoms. The third-order valence-corrected chi connectivity index (χ3v) is 9.17. The lowest BCUT2D eigenvalue weighted by atomic mass is 9.96. The van der Waals surface area contributed by atoms with E-state index in [0.29, 0.717) is 12.8 Å². The number of carbonyl (C=O) groups is 4. The average molecular weight is 444 g/mol. The van der Waals surface area contributed by atoms with Gasteiger partial charge in [0.05, 0.1) is 11.2 Å². The second-order valence-corrected chi connectivity index (χ2v) is 11.9. The van der Waals surface area contributed by atoms with Crippen LogP contribution in [0.25, 0.3) is 0 Å². The van der Waals surface area contributed by atoms with Crippen molar-refractivity contribution in [2.24, 2.45) is 5.92 Å². The number of β-lactam (4-membered cyclic amide) rings is 1. The van der Waals surface area contributed by atoms with Gasteiger partial charge in [-0.25, -0.2) is 13.2 Å². The highest BCUT2D eigenvalue weighted by molar-refractivity contribution is 7.93. The highest BCUT2D eigenvalue weighted by Gasteiger charge is 2.67. The van der Waals surface area contributed by atoms with Crippen molar-refractivity contribution >= 4 is 33.5 Å². The van der Waals surface area contributed by atoms with E-state index in [1.807, 2.05) is 13.8 Å². The van der Waals surface area contributed by atoms with Gasteiger partial charge in [-0.3, -0.25) is 14.4 Å². The van der Waals surface area contributed by atoms with Gasteiger partial charge >= 0.3 is 5.97 Å². The molecule has 3 aliphatic rings. The minimum Gasteiger partial charge on any atom is -0.480 e. The van der Waals surface area contributed by atoms with Gasteiger partial charge in [0.15, 0.2) is 9.84 Å². The molecule has 0 radical (unpaired) electrons. The van der Waals surface area contributed by atoms with Gasteiger partial charge in [0, 0.05) is 6.54 Å². The van der Waals surface area contributed by atoms with Crippen LogP contribution < -0.4 is 5.32 Å². The van der Waals surface area contributed by atoms with E-state index in [0.717, 1.165) is 4.90 Å². The Morgan fingerprint density at radius 2 is 1.90 bits per heavy atom. The van der Waals surface area contributed by atoms with Crippen LogP contribution in [0.5, 0.6) is 0 Å². The van der Waals surface area contributed by atoms with E-state index in [4.69, 9.17) is 0 Å². The molecule has 0 spiro atoms. The molecule has 11 heteroatoms. The van der Waals surface area contributed by atoms with Gasteiger partial charge in [0.25, 0.3) is 0 Å². The molecule has 3 rings (SSSR count). The standard InChI is InChI=1S/C19H29N3O7S/c1-10(2)8-11(17(25)21-7-5-6-12(21)18(26)27)20-16(24)15-19(3,4)30(28,29)14-9-13(23)22(14)15/h10-12,14-15H,5-9H2,1-4H3,(H,20,24)(H,26,27). The number of likely N-dealkylation sites (tertiary alicyclic amines) is 1. The Kier molecular flexibility index (Phi) is 5.63. The fourth-order valence-corrected chi connectivity index (χ4v) is 6.82. The highest BCUT2D eigenvalue weighted by Crippen LogP contribution is 2.45. The summed E-state index contributed by atoms with van der Waals surface area (Å²) in [5.74, 6) is -2.68. The minimum atomic E-state index is -3.74. The maximum Gasteiger partial charge on any atom is 0.326 e. The lowest BCUT2D eigenvalue weighted by Crippen LogP contribution is -2.62. The van der Waals surface area contributed by atoms with Gasteiger partial charge in [-0.2, -0.15) is 0 Å². The minimum absolute atomic E-state index is 0.0174. The molecule has 3 aliphatic heterocycles. The van der Waals surface area contributed by atoms with Crippen LogP contribution in [0.1, 0.15) is 53.4 Å². The number of sulfone groups is 1. The molecule has 0 aromatic carbocycles. The molecule has 3 saturated heterocycles. The molecule has 168 valence electrons. The molecule has 0 saturated carbocycles. The molecule has 4 unspecified atom stereocenters. The zero-order chi connectivity index (χ0) is 22.6. The van der Waals surface area contributed by atoms with Crippen molar-refractivity contribution in [2.75, 3.05) is 6.54 Å². The highest BCUT2D eigenvalue weighted by atomic mass is 32.2. The molecule has 0 bridgehead atoms. The third kappa shape index (κ3) is 3.36. The SMILES string of the molecule is CC(C)CC(NC(=O)C1N2C(=O)CC2S(=O)(=O)C1(C)C)C(=O)N1CCCC1C(=O)O. The summed E-state index contributed by atoms with van der Waals surface area (Å²) in [6.07, 6.45) is 1.03. The zero-order valence-corrected chi connectivity index (χ0v) is 18.4. The van der Waals surface area contributed by atoms with Crippen molar-refractivity contribution in [2.45, 2.75) is 81.6 Å². The third-order valence-electron chi connectivity index (χ3n) is 6.37. The average Bonchev–Trinajstić information content (AvgIpc) is 3.15. The summed E-state index contributed by atoms with van der Waals surface area (Å²) in [4.78, 5) is 52.2. The number of nitrogens with zero attached hydrogens (tertiary/aromatic N) is 2. The Morgan fingerprint density at radius 3 is 2.43 bits per heavy atom. The molecule has 2 N–H and O–H groups in total. The van der Waals surface area contributed by atoms with Crippen LogP contribution in [0.15, 0.2) is 0 Å². The van der Waals surface area contributed by atoms with E-state index in [-0.39, 0.29) is 25.3 Å². The number of hydrogen-bond acceptors (Lipinski definition) is 6. The van der Waals surface area contributed by atoms with E-state index in [1.54, 1.807) is 0 Å². The van der Waals surface area contributed by atoms with E-state index >= 15 is 0 Å². The van der Waals surface area contributed by atoms with Gasteiger partial charge in [0.1, 0.15) is 23.5 Å². The van der Waals surface area contributed by atoms with Crippen LogP contribution in [0.4, 0.5) is 0 Å².